The molecule has 0 atom stereocenters. The van der Waals surface area contributed by atoms with Gasteiger partial charge in [0.05, 0.1) is 5.69 Å². The van der Waals surface area contributed by atoms with Gasteiger partial charge in [-0.25, -0.2) is 0 Å². The van der Waals surface area contributed by atoms with Crippen LogP contribution >= 0.6 is 0 Å². The largest absolute Gasteiger partial charge is 0.489 e. The van der Waals surface area contributed by atoms with E-state index in [1.165, 1.54) is 6.92 Å². The van der Waals surface area contributed by atoms with Crippen LogP contribution in [0.2, 0.25) is 0 Å². The van der Waals surface area contributed by atoms with Crippen molar-refractivity contribution in [3.8, 4) is 5.75 Å². The third kappa shape index (κ3) is 5.31. The molecule has 1 N–H and O–H groups in total. The maximum absolute atomic E-state index is 11.0. The normalized spacial score (nSPS) is 10.7. The maximum atomic E-state index is 11.0. The van der Waals surface area contributed by atoms with Crippen molar-refractivity contribution in [1.82, 2.24) is 0 Å². The number of hydrogen-bond acceptors (Lipinski definition) is 3. The van der Waals surface area contributed by atoms with Crippen LogP contribution < -0.4 is 10.1 Å². The number of benzene rings is 3. The monoisotopic (exact) mass is 344 g/mol. The molecule has 0 saturated heterocycles. The van der Waals surface area contributed by atoms with Crippen LogP contribution in [0, 0.1) is 0 Å². The Morgan fingerprint density at radius 2 is 1.77 bits per heavy atom. The van der Waals surface area contributed by atoms with E-state index in [9.17, 15) is 4.79 Å². The molecule has 3 aromatic carbocycles. The Labute approximate surface area is 153 Å². The van der Waals surface area contributed by atoms with E-state index in [2.05, 4.69) is 10.3 Å². The molecule has 0 aliphatic heterocycles. The number of hydrogen-bond donors (Lipinski definition) is 1. The van der Waals surface area contributed by atoms with E-state index in [1.54, 1.807) is 6.21 Å². The molecule has 0 saturated carbocycles. The maximum Gasteiger partial charge on any atom is 0.221 e. The second kappa shape index (κ2) is 8.62. The summed E-state index contributed by atoms with van der Waals surface area (Å²) in [5.74, 6) is 0.715. The Balaban J connectivity index is 1.62. The first kappa shape index (κ1) is 17.4. The lowest BCUT2D eigenvalue weighted by atomic mass is 10.2. The van der Waals surface area contributed by atoms with Gasteiger partial charge in [0.2, 0.25) is 5.91 Å². The molecule has 130 valence electrons. The van der Waals surface area contributed by atoms with Crippen LogP contribution in [0.5, 0.6) is 5.75 Å². The van der Waals surface area contributed by atoms with Crippen molar-refractivity contribution in [1.29, 1.82) is 0 Å². The number of rotatable bonds is 6. The summed E-state index contributed by atoms with van der Waals surface area (Å²) in [7, 11) is 0. The molecule has 0 fully saturated rings. The molecule has 3 rings (SSSR count). The quantitative estimate of drug-likeness (QED) is 0.642. The highest BCUT2D eigenvalue weighted by Gasteiger charge is 1.98. The molecule has 0 radical (unpaired) electrons. The third-order valence-electron chi connectivity index (χ3n) is 3.66. The first-order chi connectivity index (χ1) is 12.7. The summed E-state index contributed by atoms with van der Waals surface area (Å²) in [6.07, 6.45) is 1.79. The lowest BCUT2D eigenvalue weighted by Gasteiger charge is -2.06. The van der Waals surface area contributed by atoms with Crippen LogP contribution in [0.25, 0.3) is 0 Å². The van der Waals surface area contributed by atoms with Gasteiger partial charge in [-0.15, -0.1) is 0 Å². The zero-order valence-electron chi connectivity index (χ0n) is 14.6. The molecule has 4 nitrogen and oxygen atoms in total. The molecule has 3 aromatic rings. The minimum atomic E-state index is -0.0893. The van der Waals surface area contributed by atoms with Crippen LogP contribution in [0.15, 0.2) is 83.9 Å². The average molecular weight is 344 g/mol. The summed E-state index contributed by atoms with van der Waals surface area (Å²) in [6, 6.07) is 25.2. The fourth-order valence-corrected chi connectivity index (χ4v) is 2.41. The van der Waals surface area contributed by atoms with Crippen LogP contribution in [0.1, 0.15) is 18.1 Å². The summed E-state index contributed by atoms with van der Waals surface area (Å²) < 4.78 is 5.84. The predicted molar refractivity (Wildman–Crippen MR) is 105 cm³/mol. The van der Waals surface area contributed by atoms with Gasteiger partial charge in [-0.3, -0.25) is 9.79 Å². The Bertz CT molecular complexity index is 888. The highest BCUT2D eigenvalue weighted by molar-refractivity contribution is 5.89. The Kier molecular flexibility index (Phi) is 5.78. The van der Waals surface area contributed by atoms with E-state index >= 15 is 0 Å². The Morgan fingerprint density at radius 1 is 1.00 bits per heavy atom. The summed E-state index contributed by atoms with van der Waals surface area (Å²) >= 11 is 0. The second-order valence-electron chi connectivity index (χ2n) is 5.83. The van der Waals surface area contributed by atoms with Crippen molar-refractivity contribution in [3.63, 3.8) is 0 Å². The Hall–Kier alpha value is -3.40. The predicted octanol–water partition coefficient (Wildman–Crippen LogP) is 4.97. The molecule has 1 amide bonds. The van der Waals surface area contributed by atoms with E-state index in [-0.39, 0.29) is 5.91 Å². The average Bonchev–Trinajstić information content (AvgIpc) is 2.67. The van der Waals surface area contributed by atoms with Crippen molar-refractivity contribution in [2.24, 2.45) is 4.99 Å². The summed E-state index contributed by atoms with van der Waals surface area (Å²) in [4.78, 5) is 15.5. The van der Waals surface area contributed by atoms with Gasteiger partial charge in [0.1, 0.15) is 12.4 Å². The molecular weight excluding hydrogens is 324 g/mol. The van der Waals surface area contributed by atoms with Gasteiger partial charge in [0.15, 0.2) is 0 Å². The standard InChI is InChI=1S/C22H20N2O2/c1-17(25)24-21-12-10-20(11-13-21)23-15-19-8-5-9-22(14-19)26-16-18-6-3-2-4-7-18/h2-15H,16H2,1H3,(H,24,25). The summed E-state index contributed by atoms with van der Waals surface area (Å²) in [6.45, 7) is 2.02. The highest BCUT2D eigenvalue weighted by atomic mass is 16.5. The zero-order chi connectivity index (χ0) is 18.2. The summed E-state index contributed by atoms with van der Waals surface area (Å²) in [5, 5.41) is 2.73. The van der Waals surface area contributed by atoms with Crippen molar-refractivity contribution < 1.29 is 9.53 Å². The van der Waals surface area contributed by atoms with Crippen molar-refractivity contribution >= 4 is 23.5 Å². The van der Waals surface area contributed by atoms with Gasteiger partial charge < -0.3 is 10.1 Å². The number of amides is 1. The number of anilines is 1. The molecule has 26 heavy (non-hydrogen) atoms. The topological polar surface area (TPSA) is 50.7 Å². The lowest BCUT2D eigenvalue weighted by Crippen LogP contribution is -2.04. The van der Waals surface area contributed by atoms with Crippen molar-refractivity contribution in [2.45, 2.75) is 13.5 Å². The molecule has 0 aliphatic rings. The minimum absolute atomic E-state index is 0.0893. The van der Waals surface area contributed by atoms with Crippen LogP contribution in [0.3, 0.4) is 0 Å². The van der Waals surface area contributed by atoms with E-state index in [1.807, 2.05) is 78.9 Å². The van der Waals surface area contributed by atoms with Crippen LogP contribution in [-0.2, 0) is 11.4 Å². The number of aliphatic imine (C=N–C) groups is 1. The molecule has 0 bridgehead atoms. The molecular formula is C22H20N2O2. The number of carbonyl (C=O) groups is 1. The molecule has 0 spiro atoms. The number of nitrogens with one attached hydrogen (secondary N) is 1. The van der Waals surface area contributed by atoms with Crippen molar-refractivity contribution in [2.75, 3.05) is 5.32 Å². The van der Waals surface area contributed by atoms with Gasteiger partial charge in [-0.05, 0) is 47.5 Å². The van der Waals surface area contributed by atoms with Gasteiger partial charge in [-0.1, -0.05) is 42.5 Å². The lowest BCUT2D eigenvalue weighted by molar-refractivity contribution is -0.114. The number of nitrogens with zero attached hydrogens (tertiary/aromatic N) is 1. The molecule has 0 heterocycles. The molecule has 0 aliphatic carbocycles. The zero-order valence-corrected chi connectivity index (χ0v) is 14.6. The second-order valence-corrected chi connectivity index (χ2v) is 5.83. The van der Waals surface area contributed by atoms with Gasteiger partial charge >= 0.3 is 0 Å². The smallest absolute Gasteiger partial charge is 0.221 e. The first-order valence-corrected chi connectivity index (χ1v) is 8.37. The number of carbonyl (C=O) groups excluding carboxylic acids is 1. The SMILES string of the molecule is CC(=O)Nc1ccc(N=Cc2cccc(OCc3ccccc3)c2)cc1. The fourth-order valence-electron chi connectivity index (χ4n) is 2.41. The molecule has 0 unspecified atom stereocenters. The van der Waals surface area contributed by atoms with E-state index in [0.717, 1.165) is 28.3 Å². The highest BCUT2D eigenvalue weighted by Crippen LogP contribution is 2.18. The summed E-state index contributed by atoms with van der Waals surface area (Å²) in [5.41, 5.74) is 3.66. The van der Waals surface area contributed by atoms with Gasteiger partial charge in [0.25, 0.3) is 0 Å². The fraction of sp³-hybridized carbons (Fsp3) is 0.0909. The van der Waals surface area contributed by atoms with E-state index < -0.39 is 0 Å². The minimum Gasteiger partial charge on any atom is -0.489 e. The molecule has 4 heteroatoms. The Morgan fingerprint density at radius 3 is 2.50 bits per heavy atom. The molecule has 0 aromatic heterocycles. The third-order valence-corrected chi connectivity index (χ3v) is 3.66. The van der Waals surface area contributed by atoms with Gasteiger partial charge in [-0.2, -0.15) is 0 Å². The van der Waals surface area contributed by atoms with Crippen LogP contribution in [-0.4, -0.2) is 12.1 Å². The van der Waals surface area contributed by atoms with Crippen LogP contribution in [0.4, 0.5) is 11.4 Å². The van der Waals surface area contributed by atoms with Gasteiger partial charge in [0, 0.05) is 18.8 Å². The van der Waals surface area contributed by atoms with E-state index in [4.69, 9.17) is 4.74 Å². The number of ether oxygens (including phenoxy) is 1. The van der Waals surface area contributed by atoms with Crippen molar-refractivity contribution in [3.05, 3.63) is 90.0 Å². The first-order valence-electron chi connectivity index (χ1n) is 8.37. The van der Waals surface area contributed by atoms with E-state index in [0.29, 0.717) is 6.61 Å².